The number of halogens is 1. The Morgan fingerprint density at radius 1 is 1.77 bits per heavy atom. The predicted octanol–water partition coefficient (Wildman–Crippen LogP) is 2.62. The number of methoxy groups -OCH3 is 1. The van der Waals surface area contributed by atoms with E-state index in [9.17, 15) is 4.79 Å². The van der Waals surface area contributed by atoms with Gasteiger partial charge in [0.1, 0.15) is 0 Å². The van der Waals surface area contributed by atoms with Gasteiger partial charge >= 0.3 is 5.97 Å². The molecule has 1 aromatic rings. The third kappa shape index (κ3) is 2.86. The molecule has 0 atom stereocenters. The van der Waals surface area contributed by atoms with Crippen LogP contribution in [0.1, 0.15) is 4.88 Å². The number of carbonyl (C=O) groups is 1. The molecule has 0 saturated carbocycles. The van der Waals surface area contributed by atoms with Crippen LogP contribution >= 0.6 is 27.3 Å². The molecule has 0 aliphatic rings. The van der Waals surface area contributed by atoms with Gasteiger partial charge in [0.2, 0.25) is 0 Å². The van der Waals surface area contributed by atoms with Crippen molar-refractivity contribution in [3.05, 3.63) is 21.5 Å². The Morgan fingerprint density at radius 2 is 2.46 bits per heavy atom. The molecule has 0 aromatic carbocycles. The molecule has 5 heteroatoms. The first kappa shape index (κ1) is 10.3. The highest BCUT2D eigenvalue weighted by Gasteiger charge is 2.04. The summed E-state index contributed by atoms with van der Waals surface area (Å²) in [6, 6.07) is 1.81. The standard InChI is InChI=1S/C8H7BrO3S/c1-12-8-6(9)4-5(13-8)2-3-7(10)11/h2-4H,1H3,(H,10,11)/b3-2+. The van der Waals surface area contributed by atoms with Crippen LogP contribution in [0.5, 0.6) is 5.06 Å². The SMILES string of the molecule is COc1sc(/C=C/C(=O)O)cc1Br. The van der Waals surface area contributed by atoms with Crippen LogP contribution in [0.3, 0.4) is 0 Å². The number of thiophene rings is 1. The van der Waals surface area contributed by atoms with Gasteiger partial charge in [-0.3, -0.25) is 0 Å². The third-order valence-electron chi connectivity index (χ3n) is 1.25. The molecule has 0 radical (unpaired) electrons. The molecule has 1 rings (SSSR count). The van der Waals surface area contributed by atoms with Crippen molar-refractivity contribution in [3.8, 4) is 5.06 Å². The van der Waals surface area contributed by atoms with Gasteiger partial charge in [-0.2, -0.15) is 0 Å². The van der Waals surface area contributed by atoms with Gasteiger partial charge in [-0.25, -0.2) is 4.79 Å². The zero-order valence-corrected chi connectivity index (χ0v) is 9.18. The summed E-state index contributed by atoms with van der Waals surface area (Å²) in [6.07, 6.45) is 2.62. The van der Waals surface area contributed by atoms with Crippen LogP contribution in [-0.2, 0) is 4.79 Å². The molecule has 3 nitrogen and oxygen atoms in total. The molecule has 0 amide bonds. The lowest BCUT2D eigenvalue weighted by molar-refractivity contribution is -0.131. The highest BCUT2D eigenvalue weighted by Crippen LogP contribution is 2.35. The Hall–Kier alpha value is -0.810. The molecule has 13 heavy (non-hydrogen) atoms. The maximum Gasteiger partial charge on any atom is 0.328 e. The van der Waals surface area contributed by atoms with Crippen LogP contribution < -0.4 is 4.74 Å². The third-order valence-corrected chi connectivity index (χ3v) is 3.16. The summed E-state index contributed by atoms with van der Waals surface area (Å²) in [5.41, 5.74) is 0. The topological polar surface area (TPSA) is 46.5 Å². The van der Waals surface area contributed by atoms with Crippen LogP contribution in [0.25, 0.3) is 6.08 Å². The van der Waals surface area contributed by atoms with Gasteiger partial charge in [0.25, 0.3) is 0 Å². The number of hydrogen-bond acceptors (Lipinski definition) is 3. The van der Waals surface area contributed by atoms with Gasteiger partial charge in [0.15, 0.2) is 5.06 Å². The first-order valence-electron chi connectivity index (χ1n) is 3.38. The lowest BCUT2D eigenvalue weighted by atomic mass is 10.4. The van der Waals surface area contributed by atoms with Crippen LogP contribution in [0.15, 0.2) is 16.6 Å². The van der Waals surface area contributed by atoms with E-state index >= 15 is 0 Å². The molecule has 70 valence electrons. The Bertz CT molecular complexity index is 343. The highest BCUT2D eigenvalue weighted by atomic mass is 79.9. The van der Waals surface area contributed by atoms with Crippen molar-refractivity contribution >= 4 is 39.3 Å². The van der Waals surface area contributed by atoms with E-state index in [1.165, 1.54) is 17.4 Å². The first-order chi connectivity index (χ1) is 6.13. The average Bonchev–Trinajstić information content (AvgIpc) is 2.43. The average molecular weight is 263 g/mol. The zero-order valence-electron chi connectivity index (χ0n) is 6.78. The number of aliphatic carboxylic acids is 1. The van der Waals surface area contributed by atoms with Crippen LogP contribution in [0.4, 0.5) is 0 Å². The number of rotatable bonds is 3. The maximum atomic E-state index is 10.2. The van der Waals surface area contributed by atoms with E-state index in [2.05, 4.69) is 15.9 Å². The minimum atomic E-state index is -0.955. The summed E-state index contributed by atoms with van der Waals surface area (Å²) in [5.74, 6) is -0.955. The fourth-order valence-electron chi connectivity index (χ4n) is 0.744. The number of ether oxygens (including phenoxy) is 1. The zero-order chi connectivity index (χ0) is 9.84. The van der Waals surface area contributed by atoms with E-state index in [0.29, 0.717) is 0 Å². The van der Waals surface area contributed by atoms with E-state index < -0.39 is 5.97 Å². The number of hydrogen-bond donors (Lipinski definition) is 1. The van der Waals surface area contributed by atoms with Crippen molar-refractivity contribution in [2.45, 2.75) is 0 Å². The van der Waals surface area contributed by atoms with E-state index in [4.69, 9.17) is 9.84 Å². The van der Waals surface area contributed by atoms with Crippen molar-refractivity contribution in [2.24, 2.45) is 0 Å². The maximum absolute atomic E-state index is 10.2. The van der Waals surface area contributed by atoms with Gasteiger partial charge in [-0.05, 0) is 28.1 Å². The van der Waals surface area contributed by atoms with Crippen molar-refractivity contribution in [1.29, 1.82) is 0 Å². The van der Waals surface area contributed by atoms with Gasteiger partial charge in [-0.1, -0.05) is 11.3 Å². The molecule has 0 bridgehead atoms. The molecular formula is C8H7BrO3S. The smallest absolute Gasteiger partial charge is 0.328 e. The van der Waals surface area contributed by atoms with Crippen molar-refractivity contribution < 1.29 is 14.6 Å². The fourth-order valence-corrected chi connectivity index (χ4v) is 2.31. The lowest BCUT2D eigenvalue weighted by Gasteiger charge is -1.91. The molecule has 0 fully saturated rings. The van der Waals surface area contributed by atoms with Gasteiger partial charge in [-0.15, -0.1) is 0 Å². The molecule has 0 aliphatic heterocycles. The van der Waals surface area contributed by atoms with Crippen molar-refractivity contribution in [1.82, 2.24) is 0 Å². The van der Waals surface area contributed by atoms with E-state index in [0.717, 1.165) is 20.5 Å². The van der Waals surface area contributed by atoms with Gasteiger partial charge < -0.3 is 9.84 Å². The Morgan fingerprint density at radius 3 is 2.92 bits per heavy atom. The van der Waals surface area contributed by atoms with Crippen LogP contribution in [-0.4, -0.2) is 18.2 Å². The Labute approximate surface area is 87.8 Å². The molecule has 1 heterocycles. The minimum Gasteiger partial charge on any atom is -0.486 e. The molecule has 0 unspecified atom stereocenters. The van der Waals surface area contributed by atoms with Crippen LogP contribution in [0.2, 0.25) is 0 Å². The van der Waals surface area contributed by atoms with Crippen molar-refractivity contribution in [3.63, 3.8) is 0 Å². The largest absolute Gasteiger partial charge is 0.486 e. The number of carboxylic acids is 1. The van der Waals surface area contributed by atoms with Crippen molar-refractivity contribution in [2.75, 3.05) is 7.11 Å². The van der Waals surface area contributed by atoms with E-state index in [1.54, 1.807) is 7.11 Å². The molecule has 0 spiro atoms. The molecule has 0 saturated heterocycles. The van der Waals surface area contributed by atoms with Crippen LogP contribution in [0, 0.1) is 0 Å². The van der Waals surface area contributed by atoms with E-state index in [-0.39, 0.29) is 0 Å². The minimum absolute atomic E-state index is 0.741. The second-order valence-electron chi connectivity index (χ2n) is 2.16. The molecule has 1 aromatic heterocycles. The normalized spacial score (nSPS) is 10.6. The van der Waals surface area contributed by atoms with Gasteiger partial charge in [0.05, 0.1) is 11.6 Å². The first-order valence-corrected chi connectivity index (χ1v) is 4.98. The summed E-state index contributed by atoms with van der Waals surface area (Å²) >= 11 is 4.67. The summed E-state index contributed by atoms with van der Waals surface area (Å²) < 4.78 is 5.86. The second-order valence-corrected chi connectivity index (χ2v) is 4.06. The second kappa shape index (κ2) is 4.43. The van der Waals surface area contributed by atoms with E-state index in [1.807, 2.05) is 6.07 Å². The monoisotopic (exact) mass is 262 g/mol. The Balaban J connectivity index is 2.85. The lowest BCUT2D eigenvalue weighted by Crippen LogP contribution is -1.84. The quantitative estimate of drug-likeness (QED) is 0.852. The summed E-state index contributed by atoms with van der Waals surface area (Å²) in [6.45, 7) is 0. The fraction of sp³-hybridized carbons (Fsp3) is 0.125. The predicted molar refractivity (Wildman–Crippen MR) is 55.2 cm³/mol. The molecule has 0 aliphatic carbocycles. The van der Waals surface area contributed by atoms with Gasteiger partial charge in [0, 0.05) is 11.0 Å². The summed E-state index contributed by atoms with van der Waals surface area (Å²) in [7, 11) is 1.57. The molecule has 1 N–H and O–H groups in total. The number of carboxylic acid groups (broad SMARTS) is 1. The summed E-state index contributed by atoms with van der Waals surface area (Å²) in [4.78, 5) is 11.0. The summed E-state index contributed by atoms with van der Waals surface area (Å²) in [5, 5.41) is 9.12. The molecular weight excluding hydrogens is 256 g/mol. The highest BCUT2D eigenvalue weighted by molar-refractivity contribution is 9.10. The Kier molecular flexibility index (Phi) is 3.50.